The van der Waals surface area contributed by atoms with Gasteiger partial charge in [0.15, 0.2) is 5.72 Å². The molecule has 2 heterocycles. The van der Waals surface area contributed by atoms with E-state index in [1.165, 1.54) is 56.3 Å². The Labute approximate surface area is 142 Å². The Kier molecular flexibility index (Phi) is 3.67. The van der Waals surface area contributed by atoms with Crippen molar-refractivity contribution in [3.8, 4) is 5.75 Å². The summed E-state index contributed by atoms with van der Waals surface area (Å²) in [7, 11) is 0. The number of benzene rings is 1. The molecular weight excluding hydrogens is 394 g/mol. The summed E-state index contributed by atoms with van der Waals surface area (Å²) in [6.45, 7) is 2.33. The SMILES string of the molecule is Brc1cc(Br)c2c(c1)C=C1CCCCC1(N1CCCC1)O2. The molecule has 112 valence electrons. The predicted octanol–water partition coefficient (Wildman–Crippen LogP) is 5.35. The summed E-state index contributed by atoms with van der Waals surface area (Å²) in [5.74, 6) is 1.01. The first-order valence-electron chi connectivity index (χ1n) is 7.83. The Hall–Kier alpha value is -0.320. The average molecular weight is 413 g/mol. The van der Waals surface area contributed by atoms with Crippen LogP contribution in [0.15, 0.2) is 26.7 Å². The van der Waals surface area contributed by atoms with Crippen LogP contribution in [0.2, 0.25) is 0 Å². The zero-order valence-corrected chi connectivity index (χ0v) is 15.2. The third-order valence-electron chi connectivity index (χ3n) is 4.97. The zero-order chi connectivity index (χ0) is 14.4. The minimum atomic E-state index is -0.169. The van der Waals surface area contributed by atoms with Crippen molar-refractivity contribution >= 4 is 37.9 Å². The first kappa shape index (κ1) is 14.3. The van der Waals surface area contributed by atoms with E-state index < -0.39 is 0 Å². The number of rotatable bonds is 1. The fraction of sp³-hybridized carbons (Fsp3) is 0.529. The highest BCUT2D eigenvalue weighted by Gasteiger charge is 2.47. The average Bonchev–Trinajstić information content (AvgIpc) is 3.00. The molecule has 1 atom stereocenters. The molecule has 0 radical (unpaired) electrons. The number of likely N-dealkylation sites (tertiary alicyclic amines) is 1. The largest absolute Gasteiger partial charge is 0.467 e. The third kappa shape index (κ3) is 2.30. The lowest BCUT2D eigenvalue weighted by atomic mass is 9.82. The first-order chi connectivity index (χ1) is 10.2. The molecule has 1 aliphatic carbocycles. The lowest BCUT2D eigenvalue weighted by Gasteiger charge is -2.48. The summed E-state index contributed by atoms with van der Waals surface area (Å²) in [6.07, 6.45) is 9.82. The van der Waals surface area contributed by atoms with E-state index in [0.717, 1.165) is 21.1 Å². The molecule has 0 amide bonds. The van der Waals surface area contributed by atoms with Crippen molar-refractivity contribution in [2.24, 2.45) is 0 Å². The van der Waals surface area contributed by atoms with Gasteiger partial charge < -0.3 is 4.74 Å². The molecule has 0 N–H and O–H groups in total. The summed E-state index contributed by atoms with van der Waals surface area (Å²) in [6, 6.07) is 4.24. The normalized spacial score (nSPS) is 28.6. The fourth-order valence-corrected chi connectivity index (χ4v) is 5.33. The van der Waals surface area contributed by atoms with Crippen molar-refractivity contribution in [1.82, 2.24) is 4.90 Å². The van der Waals surface area contributed by atoms with Crippen LogP contribution in [-0.4, -0.2) is 23.7 Å². The quantitative estimate of drug-likeness (QED) is 0.616. The van der Waals surface area contributed by atoms with Crippen LogP contribution in [0.3, 0.4) is 0 Å². The number of hydrogen-bond donors (Lipinski definition) is 0. The van der Waals surface area contributed by atoms with Crippen LogP contribution in [0.4, 0.5) is 0 Å². The minimum absolute atomic E-state index is 0.169. The van der Waals surface area contributed by atoms with E-state index in [4.69, 9.17) is 4.74 Å². The topological polar surface area (TPSA) is 12.5 Å². The van der Waals surface area contributed by atoms with E-state index in [0.29, 0.717) is 0 Å². The van der Waals surface area contributed by atoms with Crippen LogP contribution in [-0.2, 0) is 0 Å². The Morgan fingerprint density at radius 2 is 1.86 bits per heavy atom. The van der Waals surface area contributed by atoms with E-state index in [2.05, 4.69) is 55.0 Å². The molecular formula is C17H19Br2NO. The van der Waals surface area contributed by atoms with Gasteiger partial charge in [0.05, 0.1) is 4.47 Å². The molecule has 1 saturated heterocycles. The Morgan fingerprint density at radius 3 is 2.67 bits per heavy atom. The molecule has 21 heavy (non-hydrogen) atoms. The van der Waals surface area contributed by atoms with E-state index in [9.17, 15) is 0 Å². The number of nitrogens with zero attached hydrogens (tertiary/aromatic N) is 1. The van der Waals surface area contributed by atoms with E-state index >= 15 is 0 Å². The Morgan fingerprint density at radius 1 is 1.05 bits per heavy atom. The summed E-state index contributed by atoms with van der Waals surface area (Å²) < 4.78 is 8.83. The van der Waals surface area contributed by atoms with Crippen molar-refractivity contribution in [1.29, 1.82) is 0 Å². The van der Waals surface area contributed by atoms with Gasteiger partial charge in [-0.25, -0.2) is 0 Å². The molecule has 1 aromatic carbocycles. The van der Waals surface area contributed by atoms with Crippen molar-refractivity contribution in [2.75, 3.05) is 13.1 Å². The molecule has 3 aliphatic rings. The number of ether oxygens (including phenoxy) is 1. The zero-order valence-electron chi connectivity index (χ0n) is 12.0. The van der Waals surface area contributed by atoms with Gasteiger partial charge in [0.1, 0.15) is 5.75 Å². The summed E-state index contributed by atoms with van der Waals surface area (Å²) in [5.41, 5.74) is 2.51. The van der Waals surface area contributed by atoms with Gasteiger partial charge >= 0.3 is 0 Å². The van der Waals surface area contributed by atoms with Crippen LogP contribution in [0.5, 0.6) is 5.75 Å². The molecule has 1 unspecified atom stereocenters. The molecule has 1 aromatic rings. The molecule has 2 aliphatic heterocycles. The maximum Gasteiger partial charge on any atom is 0.186 e. The van der Waals surface area contributed by atoms with Crippen molar-refractivity contribution < 1.29 is 4.74 Å². The second-order valence-electron chi connectivity index (χ2n) is 6.26. The van der Waals surface area contributed by atoms with Gasteiger partial charge in [-0.3, -0.25) is 4.90 Å². The van der Waals surface area contributed by atoms with Gasteiger partial charge in [0.2, 0.25) is 0 Å². The second kappa shape index (κ2) is 5.39. The highest BCUT2D eigenvalue weighted by atomic mass is 79.9. The van der Waals surface area contributed by atoms with Crippen molar-refractivity contribution in [3.63, 3.8) is 0 Å². The first-order valence-corrected chi connectivity index (χ1v) is 9.42. The number of fused-ring (bicyclic) bond motifs is 2. The number of halogens is 2. The van der Waals surface area contributed by atoms with Crippen LogP contribution in [0, 0.1) is 0 Å². The van der Waals surface area contributed by atoms with Crippen LogP contribution >= 0.6 is 31.9 Å². The third-order valence-corrected chi connectivity index (χ3v) is 6.02. The molecule has 2 nitrogen and oxygen atoms in total. The van der Waals surface area contributed by atoms with E-state index in [1.807, 2.05) is 0 Å². The molecule has 2 fully saturated rings. The summed E-state index contributed by atoms with van der Waals surface area (Å²) >= 11 is 7.26. The second-order valence-corrected chi connectivity index (χ2v) is 8.03. The maximum atomic E-state index is 6.68. The van der Waals surface area contributed by atoms with Crippen LogP contribution in [0.1, 0.15) is 44.1 Å². The highest BCUT2D eigenvalue weighted by Crippen LogP contribution is 2.49. The summed E-state index contributed by atoms with van der Waals surface area (Å²) in [5, 5.41) is 0. The minimum Gasteiger partial charge on any atom is -0.467 e. The van der Waals surface area contributed by atoms with Gasteiger partial charge in [-0.15, -0.1) is 0 Å². The number of hydrogen-bond acceptors (Lipinski definition) is 2. The van der Waals surface area contributed by atoms with Crippen LogP contribution < -0.4 is 4.74 Å². The molecule has 0 bridgehead atoms. The molecule has 0 spiro atoms. The van der Waals surface area contributed by atoms with E-state index in [-0.39, 0.29) is 5.72 Å². The standard InChI is InChI=1S/C17H19Br2NO/c18-14-10-12-9-13-5-1-2-6-17(13,20-7-3-4-8-20)21-16(12)15(19)11-14/h9-11H,1-8H2. The molecule has 4 rings (SSSR count). The Bertz CT molecular complexity index is 607. The Balaban J connectivity index is 1.83. The lowest BCUT2D eigenvalue weighted by molar-refractivity contribution is -0.0618. The van der Waals surface area contributed by atoms with Crippen molar-refractivity contribution in [2.45, 2.75) is 44.2 Å². The lowest BCUT2D eigenvalue weighted by Crippen LogP contribution is -2.55. The summed E-state index contributed by atoms with van der Waals surface area (Å²) in [4.78, 5) is 2.58. The van der Waals surface area contributed by atoms with Gasteiger partial charge in [-0.1, -0.05) is 15.9 Å². The highest BCUT2D eigenvalue weighted by molar-refractivity contribution is 9.11. The molecule has 0 aromatic heterocycles. The smallest absolute Gasteiger partial charge is 0.186 e. The van der Waals surface area contributed by atoms with E-state index in [1.54, 1.807) is 0 Å². The van der Waals surface area contributed by atoms with Crippen LogP contribution in [0.25, 0.3) is 6.08 Å². The van der Waals surface area contributed by atoms with Gasteiger partial charge in [0, 0.05) is 29.5 Å². The van der Waals surface area contributed by atoms with Gasteiger partial charge in [0.25, 0.3) is 0 Å². The van der Waals surface area contributed by atoms with Gasteiger partial charge in [-0.2, -0.15) is 0 Å². The fourth-order valence-electron chi connectivity index (χ4n) is 3.99. The van der Waals surface area contributed by atoms with Gasteiger partial charge in [-0.05, 0) is 71.8 Å². The predicted molar refractivity (Wildman–Crippen MR) is 92.5 cm³/mol. The van der Waals surface area contributed by atoms with Crippen molar-refractivity contribution in [3.05, 3.63) is 32.2 Å². The monoisotopic (exact) mass is 411 g/mol. The molecule has 1 saturated carbocycles. The maximum absolute atomic E-state index is 6.68. The molecule has 4 heteroatoms.